The summed E-state index contributed by atoms with van der Waals surface area (Å²) >= 11 is 0. The first kappa shape index (κ1) is 14.8. The molecule has 2 nitrogen and oxygen atoms in total. The van der Waals surface area contributed by atoms with Gasteiger partial charge in [0, 0.05) is 24.2 Å². The third kappa shape index (κ3) is 2.20. The third-order valence-electron chi connectivity index (χ3n) is 5.86. The van der Waals surface area contributed by atoms with Crippen LogP contribution in [0, 0.1) is 0 Å². The quantitative estimate of drug-likeness (QED) is 0.839. The first-order valence-corrected chi connectivity index (χ1v) is 8.77. The maximum Gasteiger partial charge on any atom is 0.0918 e. The van der Waals surface area contributed by atoms with Crippen molar-refractivity contribution in [2.75, 3.05) is 18.5 Å². The lowest BCUT2D eigenvalue weighted by Gasteiger charge is -2.35. The Morgan fingerprint density at radius 2 is 1.87 bits per heavy atom. The first-order chi connectivity index (χ1) is 11.1. The number of aryl methyl sites for hydroxylation is 1. The van der Waals surface area contributed by atoms with Crippen LogP contribution in [0.4, 0.5) is 5.69 Å². The number of hydrogen-bond acceptors (Lipinski definition) is 2. The molecule has 0 N–H and O–H groups in total. The monoisotopic (exact) mass is 306 g/mol. The van der Waals surface area contributed by atoms with Crippen LogP contribution >= 0.6 is 0 Å². The minimum atomic E-state index is 0.254. The van der Waals surface area contributed by atoms with E-state index in [9.17, 15) is 0 Å². The molecule has 0 amide bonds. The summed E-state index contributed by atoms with van der Waals surface area (Å²) in [6, 6.07) is 18.0. The van der Waals surface area contributed by atoms with Crippen LogP contribution in [0.2, 0.25) is 0 Å². The number of likely N-dealkylation sites (N-methyl/N-ethyl adjacent to an activating group) is 1. The van der Waals surface area contributed by atoms with Gasteiger partial charge in [-0.15, -0.1) is 0 Å². The average Bonchev–Trinajstić information content (AvgIpc) is 3.01. The lowest BCUT2D eigenvalue weighted by atomic mass is 9.80. The van der Waals surface area contributed by atoms with Crippen LogP contribution in [0.1, 0.15) is 37.0 Å². The molecule has 2 heteroatoms. The van der Waals surface area contributed by atoms with Crippen molar-refractivity contribution < 1.29 is 0 Å². The smallest absolute Gasteiger partial charge is 0.0918 e. The van der Waals surface area contributed by atoms with Crippen molar-refractivity contribution in [3.63, 3.8) is 0 Å². The topological polar surface area (TPSA) is 6.48 Å². The second kappa shape index (κ2) is 5.38. The molecule has 2 heterocycles. The predicted molar refractivity (Wildman–Crippen MR) is 96.8 cm³/mol. The average molecular weight is 306 g/mol. The van der Waals surface area contributed by atoms with Gasteiger partial charge in [0.2, 0.25) is 0 Å². The largest absolute Gasteiger partial charge is 0.350 e. The van der Waals surface area contributed by atoms with Crippen LogP contribution < -0.4 is 4.90 Å². The van der Waals surface area contributed by atoms with E-state index in [0.717, 1.165) is 13.0 Å². The highest BCUT2D eigenvalue weighted by Gasteiger charge is 2.53. The molecule has 1 saturated heterocycles. The highest BCUT2D eigenvalue weighted by Crippen LogP contribution is 2.52. The number of likely N-dealkylation sites (tertiary alicyclic amines) is 1. The van der Waals surface area contributed by atoms with Gasteiger partial charge in [0.25, 0.3) is 0 Å². The van der Waals surface area contributed by atoms with Gasteiger partial charge in [0.15, 0.2) is 0 Å². The second-order valence-corrected chi connectivity index (χ2v) is 7.34. The summed E-state index contributed by atoms with van der Waals surface area (Å²) in [4.78, 5) is 5.16. The molecule has 0 aliphatic carbocycles. The lowest BCUT2D eigenvalue weighted by molar-refractivity contribution is 0.259. The van der Waals surface area contributed by atoms with Gasteiger partial charge < -0.3 is 4.90 Å². The Bertz CT molecular complexity index is 709. The predicted octanol–water partition coefficient (Wildman–Crippen LogP) is 4.19. The molecule has 0 saturated carbocycles. The summed E-state index contributed by atoms with van der Waals surface area (Å²) in [7, 11) is 2.28. The van der Waals surface area contributed by atoms with Gasteiger partial charge in [-0.05, 0) is 42.6 Å². The third-order valence-corrected chi connectivity index (χ3v) is 5.86. The molecule has 0 spiro atoms. The van der Waals surface area contributed by atoms with Crippen LogP contribution in [0.15, 0.2) is 48.5 Å². The van der Waals surface area contributed by atoms with Gasteiger partial charge in [0.1, 0.15) is 0 Å². The van der Waals surface area contributed by atoms with Crippen molar-refractivity contribution in [2.45, 2.75) is 44.8 Å². The molecule has 2 aliphatic rings. The summed E-state index contributed by atoms with van der Waals surface area (Å²) in [5.41, 5.74) is 6.10. The van der Waals surface area contributed by atoms with Crippen molar-refractivity contribution in [1.82, 2.24) is 4.90 Å². The molecule has 2 aromatic carbocycles. The molecule has 4 rings (SSSR count). The molecule has 2 aliphatic heterocycles. The molecular formula is C21H26N2. The van der Waals surface area contributed by atoms with Gasteiger partial charge in [-0.1, -0.05) is 56.3 Å². The molecule has 2 atom stereocenters. The number of anilines is 1. The fraction of sp³-hybridized carbons (Fsp3) is 0.429. The standard InChI is InChI=1S/C21H26N2/c1-4-16-10-11-19-18(14-16)21(2)12-13-22(3)20(21)23(19)15-17-8-6-5-7-9-17/h5-11,14,20H,4,12-13,15H2,1-3H3. The summed E-state index contributed by atoms with van der Waals surface area (Å²) in [6.07, 6.45) is 2.84. The van der Waals surface area contributed by atoms with Crippen molar-refractivity contribution >= 4 is 5.69 Å². The summed E-state index contributed by atoms with van der Waals surface area (Å²) < 4.78 is 0. The summed E-state index contributed by atoms with van der Waals surface area (Å²) in [5.74, 6) is 0. The molecular weight excluding hydrogens is 280 g/mol. The summed E-state index contributed by atoms with van der Waals surface area (Å²) in [5, 5.41) is 0. The molecule has 0 bridgehead atoms. The van der Waals surface area contributed by atoms with Crippen molar-refractivity contribution in [2.24, 2.45) is 0 Å². The van der Waals surface area contributed by atoms with Gasteiger partial charge in [-0.3, -0.25) is 4.90 Å². The van der Waals surface area contributed by atoms with Crippen LogP contribution in [0.25, 0.3) is 0 Å². The van der Waals surface area contributed by atoms with Crippen LogP contribution in [0.3, 0.4) is 0 Å². The van der Waals surface area contributed by atoms with E-state index in [1.165, 1.54) is 29.8 Å². The molecule has 120 valence electrons. The Balaban J connectivity index is 1.80. The Labute approximate surface area is 139 Å². The maximum absolute atomic E-state index is 2.62. The molecule has 0 radical (unpaired) electrons. The Morgan fingerprint density at radius 1 is 1.09 bits per heavy atom. The maximum atomic E-state index is 2.62. The number of benzene rings is 2. The lowest BCUT2D eigenvalue weighted by Crippen LogP contribution is -2.46. The summed E-state index contributed by atoms with van der Waals surface area (Å²) in [6.45, 7) is 6.88. The molecule has 2 aromatic rings. The molecule has 1 fully saturated rings. The van der Waals surface area contributed by atoms with Crippen molar-refractivity contribution in [3.8, 4) is 0 Å². The zero-order chi connectivity index (χ0) is 16.0. The number of nitrogens with zero attached hydrogens (tertiary/aromatic N) is 2. The highest BCUT2D eigenvalue weighted by molar-refractivity contribution is 5.66. The highest BCUT2D eigenvalue weighted by atomic mass is 15.4. The van der Waals surface area contributed by atoms with Crippen LogP contribution in [0.5, 0.6) is 0 Å². The van der Waals surface area contributed by atoms with E-state index in [0.29, 0.717) is 6.17 Å². The van der Waals surface area contributed by atoms with E-state index in [2.05, 4.69) is 79.2 Å². The van der Waals surface area contributed by atoms with Gasteiger partial charge in [0.05, 0.1) is 6.17 Å². The Hall–Kier alpha value is -1.80. The van der Waals surface area contributed by atoms with E-state index < -0.39 is 0 Å². The fourth-order valence-electron chi connectivity index (χ4n) is 4.60. The van der Waals surface area contributed by atoms with Gasteiger partial charge in [-0.25, -0.2) is 0 Å². The van der Waals surface area contributed by atoms with Crippen molar-refractivity contribution in [3.05, 3.63) is 65.2 Å². The second-order valence-electron chi connectivity index (χ2n) is 7.34. The number of hydrogen-bond donors (Lipinski definition) is 0. The Kier molecular flexibility index (Phi) is 3.46. The first-order valence-electron chi connectivity index (χ1n) is 8.77. The minimum Gasteiger partial charge on any atom is -0.350 e. The number of rotatable bonds is 3. The fourth-order valence-corrected chi connectivity index (χ4v) is 4.60. The minimum absolute atomic E-state index is 0.254. The van der Waals surface area contributed by atoms with Gasteiger partial charge >= 0.3 is 0 Å². The number of fused-ring (bicyclic) bond motifs is 3. The normalized spacial score (nSPS) is 26.4. The van der Waals surface area contributed by atoms with E-state index in [1.54, 1.807) is 5.56 Å². The molecule has 2 unspecified atom stereocenters. The van der Waals surface area contributed by atoms with Gasteiger partial charge in [-0.2, -0.15) is 0 Å². The zero-order valence-electron chi connectivity index (χ0n) is 14.4. The Morgan fingerprint density at radius 3 is 2.61 bits per heavy atom. The van der Waals surface area contributed by atoms with E-state index in [-0.39, 0.29) is 5.41 Å². The van der Waals surface area contributed by atoms with E-state index in [1.807, 2.05) is 0 Å². The van der Waals surface area contributed by atoms with Crippen LogP contribution in [-0.4, -0.2) is 24.7 Å². The SMILES string of the molecule is CCc1ccc2c(c1)C1(C)CCN(C)C1N2Cc1ccccc1. The zero-order valence-corrected chi connectivity index (χ0v) is 14.4. The van der Waals surface area contributed by atoms with Crippen molar-refractivity contribution in [1.29, 1.82) is 0 Å². The molecule has 23 heavy (non-hydrogen) atoms. The van der Waals surface area contributed by atoms with E-state index >= 15 is 0 Å². The molecule has 0 aromatic heterocycles. The van der Waals surface area contributed by atoms with Crippen LogP contribution in [-0.2, 0) is 18.4 Å². The van der Waals surface area contributed by atoms with E-state index in [4.69, 9.17) is 0 Å².